The van der Waals surface area contributed by atoms with E-state index in [9.17, 15) is 17.9 Å². The van der Waals surface area contributed by atoms with Gasteiger partial charge >= 0.3 is 0 Å². The lowest BCUT2D eigenvalue weighted by Crippen LogP contribution is -2.13. The molecule has 0 amide bonds. The highest BCUT2D eigenvalue weighted by atomic mass is 32.2. The fourth-order valence-electron chi connectivity index (χ4n) is 1.67. The van der Waals surface area contributed by atoms with Crippen LogP contribution in [0, 0.1) is 5.82 Å². The number of hydrogen-bond donors (Lipinski definition) is 2. The van der Waals surface area contributed by atoms with Crippen LogP contribution in [0.5, 0.6) is 0 Å². The molecule has 20 heavy (non-hydrogen) atoms. The van der Waals surface area contributed by atoms with Gasteiger partial charge in [-0.05, 0) is 48.9 Å². The fourth-order valence-corrected chi connectivity index (χ4v) is 2.79. The number of rotatable bonds is 4. The molecule has 0 aliphatic heterocycles. The first kappa shape index (κ1) is 14.5. The molecule has 0 aliphatic carbocycles. The highest BCUT2D eigenvalue weighted by molar-refractivity contribution is 7.92. The van der Waals surface area contributed by atoms with Crippen LogP contribution in [0.1, 0.15) is 18.6 Å². The van der Waals surface area contributed by atoms with Crippen LogP contribution in [0.25, 0.3) is 0 Å². The minimum absolute atomic E-state index is 0.0419. The number of sulfonamides is 1. The van der Waals surface area contributed by atoms with Crippen molar-refractivity contribution in [3.05, 3.63) is 59.9 Å². The van der Waals surface area contributed by atoms with Gasteiger partial charge in [0.05, 0.1) is 11.0 Å². The van der Waals surface area contributed by atoms with E-state index in [-0.39, 0.29) is 10.6 Å². The molecule has 106 valence electrons. The largest absolute Gasteiger partial charge is 0.389 e. The van der Waals surface area contributed by atoms with Gasteiger partial charge in [0.1, 0.15) is 5.82 Å². The second-order valence-electron chi connectivity index (χ2n) is 4.36. The summed E-state index contributed by atoms with van der Waals surface area (Å²) in [5, 5.41) is 9.48. The van der Waals surface area contributed by atoms with Gasteiger partial charge in [0, 0.05) is 5.69 Å². The predicted molar refractivity (Wildman–Crippen MR) is 74.3 cm³/mol. The quantitative estimate of drug-likeness (QED) is 0.911. The Balaban J connectivity index is 2.30. The van der Waals surface area contributed by atoms with Gasteiger partial charge in [-0.15, -0.1) is 0 Å². The summed E-state index contributed by atoms with van der Waals surface area (Å²) in [6.07, 6.45) is -0.754. The highest BCUT2D eigenvalue weighted by Gasteiger charge is 2.15. The maximum absolute atomic E-state index is 12.8. The summed E-state index contributed by atoms with van der Waals surface area (Å²) in [5.74, 6) is -0.441. The second-order valence-corrected chi connectivity index (χ2v) is 6.04. The Hall–Kier alpha value is -1.92. The monoisotopic (exact) mass is 295 g/mol. The first-order valence-corrected chi connectivity index (χ1v) is 7.43. The molecule has 2 aromatic rings. The molecule has 2 N–H and O–H groups in total. The Morgan fingerprint density at radius 1 is 1.15 bits per heavy atom. The molecule has 0 spiro atoms. The first-order chi connectivity index (χ1) is 9.38. The Kier molecular flexibility index (Phi) is 4.06. The van der Waals surface area contributed by atoms with Gasteiger partial charge < -0.3 is 5.11 Å². The Bertz CT molecular complexity index is 697. The zero-order valence-electron chi connectivity index (χ0n) is 10.7. The lowest BCUT2D eigenvalue weighted by molar-refractivity contribution is 0.199. The molecule has 0 saturated heterocycles. The summed E-state index contributed by atoms with van der Waals surface area (Å²) in [6, 6.07) is 11.0. The van der Waals surface area contributed by atoms with E-state index in [1.165, 1.54) is 36.4 Å². The minimum atomic E-state index is -3.77. The van der Waals surface area contributed by atoms with E-state index in [0.717, 1.165) is 0 Å². The fraction of sp³-hybridized carbons (Fsp3) is 0.143. The summed E-state index contributed by atoms with van der Waals surface area (Å²) in [6.45, 7) is 1.55. The van der Waals surface area contributed by atoms with Crippen LogP contribution < -0.4 is 4.72 Å². The lowest BCUT2D eigenvalue weighted by Gasteiger charge is -2.10. The molecule has 0 heterocycles. The second kappa shape index (κ2) is 5.60. The van der Waals surface area contributed by atoms with E-state index in [1.54, 1.807) is 19.1 Å². The van der Waals surface area contributed by atoms with Crippen LogP contribution in [-0.2, 0) is 10.0 Å². The molecule has 4 nitrogen and oxygen atoms in total. The molecular weight excluding hydrogens is 281 g/mol. The SMILES string of the molecule is CC(O)c1cccc(S(=O)(=O)Nc2ccc(F)cc2)c1. The molecule has 2 rings (SSSR count). The molecule has 0 bridgehead atoms. The van der Waals surface area contributed by atoms with E-state index in [1.807, 2.05) is 0 Å². The van der Waals surface area contributed by atoms with Crippen molar-refractivity contribution >= 4 is 15.7 Å². The number of nitrogens with one attached hydrogen (secondary N) is 1. The predicted octanol–water partition coefficient (Wildman–Crippen LogP) is 2.68. The Morgan fingerprint density at radius 2 is 1.80 bits per heavy atom. The third-order valence-corrected chi connectivity index (χ3v) is 4.13. The van der Waals surface area contributed by atoms with Crippen LogP contribution in [0.15, 0.2) is 53.4 Å². The number of hydrogen-bond acceptors (Lipinski definition) is 3. The number of aliphatic hydroxyl groups excluding tert-OH is 1. The van der Waals surface area contributed by atoms with Crippen molar-refractivity contribution in [2.45, 2.75) is 17.9 Å². The maximum Gasteiger partial charge on any atom is 0.261 e. The number of halogens is 1. The summed E-state index contributed by atoms with van der Waals surface area (Å²) in [7, 11) is -3.77. The number of anilines is 1. The van der Waals surface area contributed by atoms with Gasteiger partial charge in [-0.2, -0.15) is 0 Å². The topological polar surface area (TPSA) is 66.4 Å². The van der Waals surface area contributed by atoms with Gasteiger partial charge in [-0.3, -0.25) is 4.72 Å². The molecule has 0 fully saturated rings. The molecule has 6 heteroatoms. The van der Waals surface area contributed by atoms with Crippen LogP contribution >= 0.6 is 0 Å². The van der Waals surface area contributed by atoms with Crippen LogP contribution in [0.4, 0.5) is 10.1 Å². The molecule has 0 saturated carbocycles. The average Bonchev–Trinajstić information content (AvgIpc) is 2.41. The average molecular weight is 295 g/mol. The maximum atomic E-state index is 12.8. The van der Waals surface area contributed by atoms with Crippen molar-refractivity contribution in [2.75, 3.05) is 4.72 Å². The van der Waals surface area contributed by atoms with Crippen molar-refractivity contribution in [3.8, 4) is 0 Å². The molecule has 0 radical (unpaired) electrons. The molecule has 0 aliphatic rings. The van der Waals surface area contributed by atoms with E-state index >= 15 is 0 Å². The van der Waals surface area contributed by atoms with Crippen molar-refractivity contribution in [3.63, 3.8) is 0 Å². The summed E-state index contributed by atoms with van der Waals surface area (Å²) in [5.41, 5.74) is 0.779. The summed E-state index contributed by atoms with van der Waals surface area (Å²) >= 11 is 0. The zero-order chi connectivity index (χ0) is 14.8. The third-order valence-electron chi connectivity index (χ3n) is 2.75. The molecular formula is C14H14FNO3S. The molecule has 1 atom stereocenters. The van der Waals surface area contributed by atoms with Crippen molar-refractivity contribution in [1.82, 2.24) is 0 Å². The summed E-state index contributed by atoms with van der Waals surface area (Å²) in [4.78, 5) is 0.0419. The van der Waals surface area contributed by atoms with E-state index in [0.29, 0.717) is 5.56 Å². The number of aliphatic hydroxyl groups is 1. The van der Waals surface area contributed by atoms with Crippen molar-refractivity contribution < 1.29 is 17.9 Å². The van der Waals surface area contributed by atoms with Gasteiger partial charge in [0.15, 0.2) is 0 Å². The van der Waals surface area contributed by atoms with Crippen LogP contribution in [0.2, 0.25) is 0 Å². The summed E-state index contributed by atoms with van der Waals surface area (Å²) < 4.78 is 39.5. The zero-order valence-corrected chi connectivity index (χ0v) is 11.6. The van der Waals surface area contributed by atoms with Gasteiger partial charge in [0.2, 0.25) is 0 Å². The van der Waals surface area contributed by atoms with Crippen LogP contribution in [0.3, 0.4) is 0 Å². The normalized spacial score (nSPS) is 12.9. The van der Waals surface area contributed by atoms with E-state index in [2.05, 4.69) is 4.72 Å². The first-order valence-electron chi connectivity index (χ1n) is 5.95. The molecule has 2 aromatic carbocycles. The van der Waals surface area contributed by atoms with E-state index < -0.39 is 21.9 Å². The molecule has 0 aromatic heterocycles. The van der Waals surface area contributed by atoms with Crippen molar-refractivity contribution in [2.24, 2.45) is 0 Å². The number of benzene rings is 2. The third kappa shape index (κ3) is 3.34. The van der Waals surface area contributed by atoms with Gasteiger partial charge in [-0.25, -0.2) is 12.8 Å². The minimum Gasteiger partial charge on any atom is -0.389 e. The van der Waals surface area contributed by atoms with Gasteiger partial charge in [0.25, 0.3) is 10.0 Å². The standard InChI is InChI=1S/C14H14FNO3S/c1-10(17)11-3-2-4-14(9-11)20(18,19)16-13-7-5-12(15)6-8-13/h2-10,16-17H,1H3. The smallest absolute Gasteiger partial charge is 0.261 e. The lowest BCUT2D eigenvalue weighted by atomic mass is 10.1. The van der Waals surface area contributed by atoms with E-state index in [4.69, 9.17) is 0 Å². The highest BCUT2D eigenvalue weighted by Crippen LogP contribution is 2.20. The van der Waals surface area contributed by atoms with Crippen molar-refractivity contribution in [1.29, 1.82) is 0 Å². The van der Waals surface area contributed by atoms with Gasteiger partial charge in [-0.1, -0.05) is 12.1 Å². The molecule has 1 unspecified atom stereocenters. The van der Waals surface area contributed by atoms with Crippen LogP contribution in [-0.4, -0.2) is 13.5 Å². The Labute approximate surface area is 116 Å². The Morgan fingerprint density at radius 3 is 2.40 bits per heavy atom.